The van der Waals surface area contributed by atoms with Crippen molar-refractivity contribution in [2.75, 3.05) is 0 Å². The molecule has 5 aliphatic carbocycles. The van der Waals surface area contributed by atoms with Crippen molar-refractivity contribution in [3.05, 3.63) is 11.1 Å². The summed E-state index contributed by atoms with van der Waals surface area (Å²) in [6.07, 6.45) is 22.0. The Morgan fingerprint density at radius 1 is 0.844 bits per heavy atom. The fourth-order valence-electron chi connectivity index (χ4n) is 12.4. The Labute approximate surface area is 274 Å². The van der Waals surface area contributed by atoms with Crippen molar-refractivity contribution in [2.24, 2.45) is 52.3 Å². The smallest absolute Gasteiger partial charge is 0.309 e. The first-order valence-electron chi connectivity index (χ1n) is 19.3. The molecule has 1 aromatic heterocycles. The number of carbonyl (C=O) groups is 1. The number of ether oxygens (including phenoxy) is 1. The number of hydrogen-bond donors (Lipinski definition) is 2. The molecule has 254 valence electrons. The summed E-state index contributed by atoms with van der Waals surface area (Å²) in [6, 6.07) is 0.0357. The molecular weight excluding hydrogens is 558 g/mol. The monoisotopic (exact) mass is 623 g/mol. The number of rotatable bonds is 9. The Hall–Kier alpha value is -1.65. The lowest BCUT2D eigenvalue weighted by Gasteiger charge is -2.61. The molecule has 0 aromatic carbocycles. The van der Waals surface area contributed by atoms with E-state index in [2.05, 4.69) is 27.7 Å². The van der Waals surface area contributed by atoms with Crippen LogP contribution in [0.2, 0.25) is 0 Å². The first-order chi connectivity index (χ1) is 21.5. The molecule has 5 saturated carbocycles. The molecule has 0 amide bonds. The summed E-state index contributed by atoms with van der Waals surface area (Å²) >= 11 is 0. The Balaban J connectivity index is 1.02. The molecule has 5 nitrogen and oxygen atoms in total. The van der Waals surface area contributed by atoms with Crippen molar-refractivity contribution in [3.63, 3.8) is 0 Å². The van der Waals surface area contributed by atoms with E-state index in [0.717, 1.165) is 79.2 Å². The van der Waals surface area contributed by atoms with Crippen molar-refractivity contribution < 1.29 is 19.7 Å². The summed E-state index contributed by atoms with van der Waals surface area (Å²) < 4.78 is 7.98. The molecule has 0 saturated heterocycles. The minimum atomic E-state index is -0.0623. The van der Waals surface area contributed by atoms with Gasteiger partial charge < -0.3 is 14.9 Å². The number of nitrogens with zero attached hydrogens (tertiary/aromatic N) is 1. The highest BCUT2D eigenvalue weighted by atomic mass is 16.5. The predicted octanol–water partition coefficient (Wildman–Crippen LogP) is 10.4. The van der Waals surface area contributed by atoms with E-state index in [1.807, 2.05) is 13.8 Å². The van der Waals surface area contributed by atoms with Gasteiger partial charge in [0.1, 0.15) is 6.10 Å². The van der Waals surface area contributed by atoms with Crippen LogP contribution in [-0.4, -0.2) is 26.9 Å². The van der Waals surface area contributed by atoms with Gasteiger partial charge in [0.25, 0.3) is 0 Å². The highest BCUT2D eigenvalue weighted by Crippen LogP contribution is 2.68. The molecule has 1 aromatic rings. The molecular formula is C40H65NO4. The molecule has 5 aliphatic rings. The molecule has 0 aliphatic heterocycles. The fourth-order valence-corrected chi connectivity index (χ4v) is 12.4. The normalized spacial score (nSPS) is 40.3. The third kappa shape index (κ3) is 5.87. The van der Waals surface area contributed by atoms with Crippen LogP contribution in [0.3, 0.4) is 0 Å². The van der Waals surface area contributed by atoms with Crippen LogP contribution < -0.4 is 0 Å². The van der Waals surface area contributed by atoms with E-state index in [-0.39, 0.29) is 35.8 Å². The topological polar surface area (TPSA) is 71.7 Å². The molecule has 0 radical (unpaired) electrons. The predicted molar refractivity (Wildman–Crippen MR) is 181 cm³/mol. The quantitative estimate of drug-likeness (QED) is 0.212. The van der Waals surface area contributed by atoms with Crippen LogP contribution in [0.4, 0.5) is 0 Å². The van der Waals surface area contributed by atoms with Gasteiger partial charge in [0.05, 0.1) is 5.92 Å². The molecule has 2 N–H and O–H groups in total. The largest absolute Gasteiger partial charge is 0.494 e. The molecule has 5 heteroatoms. The van der Waals surface area contributed by atoms with E-state index in [1.54, 1.807) is 4.57 Å². The van der Waals surface area contributed by atoms with Crippen LogP contribution in [0.1, 0.15) is 160 Å². The highest BCUT2D eigenvalue weighted by molar-refractivity contribution is 5.72. The van der Waals surface area contributed by atoms with E-state index in [0.29, 0.717) is 16.7 Å². The Morgan fingerprint density at radius 2 is 1.51 bits per heavy atom. The summed E-state index contributed by atoms with van der Waals surface area (Å²) in [5.74, 6) is 5.44. The van der Waals surface area contributed by atoms with Crippen LogP contribution >= 0.6 is 0 Å². The summed E-state index contributed by atoms with van der Waals surface area (Å²) in [6.45, 7) is 13.9. The van der Waals surface area contributed by atoms with Gasteiger partial charge in [-0.2, -0.15) is 0 Å². The van der Waals surface area contributed by atoms with E-state index < -0.39 is 0 Å². The van der Waals surface area contributed by atoms with Gasteiger partial charge in [-0.1, -0.05) is 59.8 Å². The van der Waals surface area contributed by atoms with Crippen molar-refractivity contribution >= 4 is 5.97 Å². The molecule has 1 heterocycles. The first-order valence-corrected chi connectivity index (χ1v) is 19.3. The van der Waals surface area contributed by atoms with Crippen molar-refractivity contribution in [2.45, 2.75) is 169 Å². The Bertz CT molecular complexity index is 1170. The van der Waals surface area contributed by atoms with E-state index in [1.165, 1.54) is 77.0 Å². The number of aromatic hydroxyl groups is 2. The average molecular weight is 624 g/mol. The maximum Gasteiger partial charge on any atom is 0.309 e. The number of unbranched alkanes of at least 4 members (excludes halogenated alkanes) is 3. The number of hydrogen-bond acceptors (Lipinski definition) is 4. The number of esters is 1. The van der Waals surface area contributed by atoms with Gasteiger partial charge in [-0.3, -0.25) is 9.36 Å². The standard InChI is InChI=1S/C40H65NO4/c1-7-8-9-10-11-25(2)33-18-19-34-32-17-14-29-24-31(20-22-39(29,5)35(32)21-23-40(33,34)6)45-38(44)28-12-15-30(16-13-28)41-36(42)26(3)27(4)37(41)43/h25,28-35,42-43H,7-24H2,1-6H3. The second kappa shape index (κ2) is 13.1. The number of fused-ring (bicyclic) bond motifs is 5. The number of aromatic nitrogens is 1. The van der Waals surface area contributed by atoms with Crippen LogP contribution in [0.15, 0.2) is 0 Å². The molecule has 9 atom stereocenters. The molecule has 5 fully saturated rings. The maximum absolute atomic E-state index is 13.4. The van der Waals surface area contributed by atoms with Gasteiger partial charge in [-0.15, -0.1) is 0 Å². The SMILES string of the molecule is CCCCCCC(C)C1CCC2C3CCC4CC(OC(=O)C5CCC(n6c(O)c(C)c(C)c6O)CC5)CCC4(C)C3CCC12C. The minimum absolute atomic E-state index is 0.00158. The third-order valence-electron chi connectivity index (χ3n) is 15.3. The van der Waals surface area contributed by atoms with Crippen molar-refractivity contribution in [1.29, 1.82) is 0 Å². The zero-order chi connectivity index (χ0) is 32.1. The van der Waals surface area contributed by atoms with Gasteiger partial charge in [0.2, 0.25) is 0 Å². The van der Waals surface area contributed by atoms with Gasteiger partial charge in [0, 0.05) is 17.2 Å². The molecule has 9 unspecified atom stereocenters. The summed E-state index contributed by atoms with van der Waals surface area (Å²) in [5, 5.41) is 21.2. The summed E-state index contributed by atoms with van der Waals surface area (Å²) in [4.78, 5) is 13.4. The van der Waals surface area contributed by atoms with Gasteiger partial charge in [-0.25, -0.2) is 0 Å². The molecule has 0 bridgehead atoms. The Morgan fingerprint density at radius 3 is 2.20 bits per heavy atom. The third-order valence-corrected chi connectivity index (χ3v) is 15.3. The fraction of sp³-hybridized carbons (Fsp3) is 0.875. The van der Waals surface area contributed by atoms with Crippen molar-refractivity contribution in [3.8, 4) is 11.8 Å². The van der Waals surface area contributed by atoms with Crippen LogP contribution in [-0.2, 0) is 9.53 Å². The van der Waals surface area contributed by atoms with Crippen molar-refractivity contribution in [1.82, 2.24) is 4.57 Å². The maximum atomic E-state index is 13.4. The number of carbonyl (C=O) groups excluding carboxylic acids is 1. The Kier molecular flexibility index (Phi) is 9.68. The van der Waals surface area contributed by atoms with E-state index >= 15 is 0 Å². The molecule has 45 heavy (non-hydrogen) atoms. The lowest BCUT2D eigenvalue weighted by molar-refractivity contribution is -0.168. The summed E-state index contributed by atoms with van der Waals surface area (Å²) in [7, 11) is 0. The average Bonchev–Trinajstić information content (AvgIpc) is 3.48. The zero-order valence-electron chi connectivity index (χ0n) is 29.6. The summed E-state index contributed by atoms with van der Waals surface area (Å²) in [5.41, 5.74) is 2.44. The molecule has 0 spiro atoms. The van der Waals surface area contributed by atoms with Gasteiger partial charge >= 0.3 is 5.97 Å². The van der Waals surface area contributed by atoms with Crippen LogP contribution in [0.25, 0.3) is 0 Å². The molecule has 6 rings (SSSR count). The van der Waals surface area contributed by atoms with E-state index in [9.17, 15) is 15.0 Å². The van der Waals surface area contributed by atoms with Gasteiger partial charge in [-0.05, 0) is 144 Å². The lowest BCUT2D eigenvalue weighted by Crippen LogP contribution is -2.54. The highest BCUT2D eigenvalue weighted by Gasteiger charge is 2.60. The second-order valence-corrected chi connectivity index (χ2v) is 17.3. The first kappa shape index (κ1) is 33.3. The second-order valence-electron chi connectivity index (χ2n) is 17.3. The minimum Gasteiger partial charge on any atom is -0.494 e. The van der Waals surface area contributed by atoms with Crippen LogP contribution in [0.5, 0.6) is 11.8 Å². The van der Waals surface area contributed by atoms with Crippen LogP contribution in [0, 0.1) is 66.1 Å². The van der Waals surface area contributed by atoms with E-state index in [4.69, 9.17) is 4.74 Å². The van der Waals surface area contributed by atoms with Gasteiger partial charge in [0.15, 0.2) is 11.8 Å². The zero-order valence-corrected chi connectivity index (χ0v) is 29.6. The lowest BCUT2D eigenvalue weighted by atomic mass is 9.44.